The van der Waals surface area contributed by atoms with Crippen LogP contribution in [0.1, 0.15) is 11.3 Å². The third kappa shape index (κ3) is 2.62. The lowest BCUT2D eigenvalue weighted by atomic mass is 10.1. The lowest BCUT2D eigenvalue weighted by Gasteiger charge is -2.08. The molecule has 4 nitrogen and oxygen atoms in total. The monoisotopic (exact) mass is 365 g/mol. The summed E-state index contributed by atoms with van der Waals surface area (Å²) >= 11 is 3.25. The van der Waals surface area contributed by atoms with Crippen LogP contribution in [0, 0.1) is 18.3 Å². The SMILES string of the molecule is COc1ccc(-c2csc3nc(-c4cccs4)c(CC#N)n23)cc1C. The van der Waals surface area contributed by atoms with Crippen molar-refractivity contribution in [1.29, 1.82) is 5.26 Å². The van der Waals surface area contributed by atoms with E-state index in [1.165, 1.54) is 0 Å². The Hall–Kier alpha value is -2.62. The van der Waals surface area contributed by atoms with Gasteiger partial charge in [0.25, 0.3) is 0 Å². The van der Waals surface area contributed by atoms with Gasteiger partial charge < -0.3 is 4.74 Å². The number of rotatable bonds is 4. The van der Waals surface area contributed by atoms with E-state index in [0.717, 1.165) is 43.8 Å². The van der Waals surface area contributed by atoms with E-state index in [1.54, 1.807) is 29.8 Å². The first-order valence-electron chi connectivity index (χ1n) is 7.77. The van der Waals surface area contributed by atoms with E-state index < -0.39 is 0 Å². The Morgan fingerprint density at radius 1 is 1.28 bits per heavy atom. The van der Waals surface area contributed by atoms with Gasteiger partial charge in [-0.2, -0.15) is 5.26 Å². The maximum absolute atomic E-state index is 9.33. The molecule has 3 aromatic heterocycles. The number of methoxy groups -OCH3 is 1. The molecule has 0 unspecified atom stereocenters. The Kier molecular flexibility index (Phi) is 4.04. The smallest absolute Gasteiger partial charge is 0.195 e. The number of thiophene rings is 1. The minimum absolute atomic E-state index is 0.327. The predicted molar refractivity (Wildman–Crippen MR) is 102 cm³/mol. The highest BCUT2D eigenvalue weighted by molar-refractivity contribution is 7.15. The summed E-state index contributed by atoms with van der Waals surface area (Å²) in [6.45, 7) is 2.03. The summed E-state index contributed by atoms with van der Waals surface area (Å²) in [7, 11) is 1.68. The Morgan fingerprint density at radius 3 is 2.84 bits per heavy atom. The molecular formula is C19H15N3OS2. The van der Waals surface area contributed by atoms with Crippen molar-refractivity contribution in [2.75, 3.05) is 7.11 Å². The fraction of sp³-hybridized carbons (Fsp3) is 0.158. The van der Waals surface area contributed by atoms with Crippen LogP contribution < -0.4 is 4.74 Å². The molecule has 6 heteroatoms. The third-order valence-corrected chi connectivity index (χ3v) is 5.85. The fourth-order valence-corrected chi connectivity index (χ4v) is 4.66. The summed E-state index contributed by atoms with van der Waals surface area (Å²) in [6.07, 6.45) is 0.327. The summed E-state index contributed by atoms with van der Waals surface area (Å²) < 4.78 is 7.48. The van der Waals surface area contributed by atoms with Crippen LogP contribution in [0.5, 0.6) is 5.75 Å². The summed E-state index contributed by atoms with van der Waals surface area (Å²) in [4.78, 5) is 6.80. The number of hydrogen-bond donors (Lipinski definition) is 0. The maximum atomic E-state index is 9.33. The number of nitriles is 1. The van der Waals surface area contributed by atoms with Crippen LogP contribution in [0.4, 0.5) is 0 Å². The molecule has 0 bridgehead atoms. The molecule has 0 amide bonds. The van der Waals surface area contributed by atoms with E-state index in [9.17, 15) is 5.26 Å². The van der Waals surface area contributed by atoms with Crippen LogP contribution in [-0.4, -0.2) is 16.5 Å². The van der Waals surface area contributed by atoms with Gasteiger partial charge in [0, 0.05) is 5.38 Å². The molecule has 0 atom stereocenters. The Bertz CT molecular complexity index is 1080. The fourth-order valence-electron chi connectivity index (χ4n) is 3.00. The minimum Gasteiger partial charge on any atom is -0.496 e. The van der Waals surface area contributed by atoms with Crippen LogP contribution in [0.25, 0.3) is 26.8 Å². The molecule has 25 heavy (non-hydrogen) atoms. The normalized spacial score (nSPS) is 10.9. The first kappa shape index (κ1) is 15.9. The van der Waals surface area contributed by atoms with Crippen LogP contribution in [-0.2, 0) is 6.42 Å². The van der Waals surface area contributed by atoms with Gasteiger partial charge in [0.05, 0.1) is 35.9 Å². The molecule has 0 aliphatic carbocycles. The molecule has 124 valence electrons. The van der Waals surface area contributed by atoms with Gasteiger partial charge >= 0.3 is 0 Å². The first-order valence-corrected chi connectivity index (χ1v) is 9.53. The average Bonchev–Trinajstić information content (AvgIpc) is 3.32. The minimum atomic E-state index is 0.327. The number of thiazole rings is 1. The molecule has 3 heterocycles. The number of aryl methyl sites for hydroxylation is 1. The summed E-state index contributed by atoms with van der Waals surface area (Å²) in [5.74, 6) is 0.873. The van der Waals surface area contributed by atoms with Crippen molar-refractivity contribution in [3.8, 4) is 33.6 Å². The summed E-state index contributed by atoms with van der Waals surface area (Å²) in [5, 5.41) is 13.5. The maximum Gasteiger partial charge on any atom is 0.195 e. The van der Waals surface area contributed by atoms with Crippen molar-refractivity contribution >= 4 is 27.6 Å². The molecule has 4 aromatic rings. The molecule has 0 spiro atoms. The van der Waals surface area contributed by atoms with Gasteiger partial charge in [-0.25, -0.2) is 4.98 Å². The van der Waals surface area contributed by atoms with Crippen LogP contribution in [0.3, 0.4) is 0 Å². The van der Waals surface area contributed by atoms with Crippen molar-refractivity contribution < 1.29 is 4.74 Å². The zero-order chi connectivity index (χ0) is 17.4. The van der Waals surface area contributed by atoms with Crippen molar-refractivity contribution in [3.05, 3.63) is 52.3 Å². The molecule has 0 aliphatic heterocycles. The van der Waals surface area contributed by atoms with E-state index in [4.69, 9.17) is 9.72 Å². The number of imidazole rings is 1. The predicted octanol–water partition coefficient (Wildman–Crippen LogP) is 5.17. The van der Waals surface area contributed by atoms with Gasteiger partial charge in [-0.1, -0.05) is 6.07 Å². The standard InChI is InChI=1S/C19H15N3OS2/c1-12-10-13(5-6-16(12)23-2)15-11-25-19-21-18(17-4-3-9-24-17)14(7-8-20)22(15)19/h3-6,9-11H,7H2,1-2H3. The summed E-state index contributed by atoms with van der Waals surface area (Å²) in [5.41, 5.74) is 5.10. The second-order valence-electron chi connectivity index (χ2n) is 5.64. The van der Waals surface area contributed by atoms with E-state index in [1.807, 2.05) is 30.5 Å². The molecular weight excluding hydrogens is 350 g/mol. The van der Waals surface area contributed by atoms with E-state index in [0.29, 0.717) is 6.42 Å². The van der Waals surface area contributed by atoms with Gasteiger partial charge in [-0.15, -0.1) is 22.7 Å². The van der Waals surface area contributed by atoms with Crippen LogP contribution >= 0.6 is 22.7 Å². The molecule has 0 N–H and O–H groups in total. The molecule has 0 saturated heterocycles. The van der Waals surface area contributed by atoms with Crippen molar-refractivity contribution in [1.82, 2.24) is 9.38 Å². The van der Waals surface area contributed by atoms with Crippen molar-refractivity contribution in [2.45, 2.75) is 13.3 Å². The van der Waals surface area contributed by atoms with Crippen LogP contribution in [0.15, 0.2) is 41.1 Å². The second-order valence-corrected chi connectivity index (χ2v) is 7.43. The second kappa shape index (κ2) is 6.36. The van der Waals surface area contributed by atoms with Gasteiger partial charge in [-0.05, 0) is 47.7 Å². The Morgan fingerprint density at radius 2 is 2.16 bits per heavy atom. The van der Waals surface area contributed by atoms with E-state index in [2.05, 4.69) is 28.0 Å². The van der Waals surface area contributed by atoms with Crippen LogP contribution in [0.2, 0.25) is 0 Å². The molecule has 0 saturated carbocycles. The quantitative estimate of drug-likeness (QED) is 0.501. The zero-order valence-electron chi connectivity index (χ0n) is 13.8. The number of ether oxygens (including phenoxy) is 1. The number of hydrogen-bond acceptors (Lipinski definition) is 5. The first-order chi connectivity index (χ1) is 12.2. The lowest BCUT2D eigenvalue weighted by molar-refractivity contribution is 0.412. The molecule has 1 aromatic carbocycles. The molecule has 4 rings (SSSR count). The number of benzene rings is 1. The van der Waals surface area contributed by atoms with Gasteiger partial charge in [-0.3, -0.25) is 4.40 Å². The molecule has 0 radical (unpaired) electrons. The highest BCUT2D eigenvalue weighted by atomic mass is 32.1. The highest BCUT2D eigenvalue weighted by Crippen LogP contribution is 2.35. The van der Waals surface area contributed by atoms with Crippen molar-refractivity contribution in [3.63, 3.8) is 0 Å². The Balaban J connectivity index is 1.94. The number of aromatic nitrogens is 2. The van der Waals surface area contributed by atoms with Gasteiger partial charge in [0.2, 0.25) is 0 Å². The largest absolute Gasteiger partial charge is 0.496 e. The highest BCUT2D eigenvalue weighted by Gasteiger charge is 2.19. The Labute approximate surface area is 153 Å². The topological polar surface area (TPSA) is 50.3 Å². The van der Waals surface area contributed by atoms with Crippen molar-refractivity contribution in [2.24, 2.45) is 0 Å². The lowest BCUT2D eigenvalue weighted by Crippen LogP contribution is -1.95. The molecule has 0 aliphatic rings. The molecule has 0 fully saturated rings. The number of fused-ring (bicyclic) bond motifs is 1. The van der Waals surface area contributed by atoms with Gasteiger partial charge in [0.1, 0.15) is 11.4 Å². The zero-order valence-corrected chi connectivity index (χ0v) is 15.4. The number of nitrogens with zero attached hydrogens (tertiary/aromatic N) is 3. The average molecular weight is 365 g/mol. The van der Waals surface area contributed by atoms with Gasteiger partial charge in [0.15, 0.2) is 4.96 Å². The third-order valence-electron chi connectivity index (χ3n) is 4.15. The summed E-state index contributed by atoms with van der Waals surface area (Å²) in [6, 6.07) is 12.5. The van der Waals surface area contributed by atoms with E-state index >= 15 is 0 Å². The van der Waals surface area contributed by atoms with E-state index in [-0.39, 0.29) is 0 Å².